The second-order valence-electron chi connectivity index (χ2n) is 5.03. The van der Waals surface area contributed by atoms with E-state index in [1.54, 1.807) is 0 Å². The van der Waals surface area contributed by atoms with Gasteiger partial charge in [-0.25, -0.2) is 5.43 Å². The lowest BCUT2D eigenvalue weighted by atomic mass is 9.99. The molecule has 0 radical (unpaired) electrons. The molecule has 0 spiro atoms. The average molecular weight is 285 g/mol. The maximum Gasteiger partial charge on any atom is 0.240 e. The molecule has 110 valence electrons. The Bertz CT molecular complexity index is 588. The summed E-state index contributed by atoms with van der Waals surface area (Å²) in [7, 11) is 0. The zero-order valence-corrected chi connectivity index (χ0v) is 12.2. The molecule has 1 aromatic carbocycles. The van der Waals surface area contributed by atoms with Crippen molar-refractivity contribution in [2.24, 2.45) is 11.0 Å². The summed E-state index contributed by atoms with van der Waals surface area (Å²) in [5, 5.41) is 6.85. The minimum Gasteiger partial charge on any atom is -0.326 e. The number of nitrogens with zero attached hydrogens (tertiary/aromatic N) is 1. The van der Waals surface area contributed by atoms with Gasteiger partial charge in [0.05, 0.1) is 5.71 Å². The highest BCUT2D eigenvalue weighted by atomic mass is 16.2. The van der Waals surface area contributed by atoms with Crippen LogP contribution in [0.4, 0.5) is 5.69 Å². The van der Waals surface area contributed by atoms with Gasteiger partial charge >= 0.3 is 0 Å². The highest BCUT2D eigenvalue weighted by Gasteiger charge is 2.17. The molecule has 1 aliphatic heterocycles. The van der Waals surface area contributed by atoms with Crippen molar-refractivity contribution in [3.8, 4) is 0 Å². The second kappa shape index (κ2) is 6.83. The van der Waals surface area contributed by atoms with Crippen LogP contribution in [0.15, 0.2) is 35.4 Å². The van der Waals surface area contributed by atoms with Gasteiger partial charge in [0, 0.05) is 24.4 Å². The van der Waals surface area contributed by atoms with E-state index in [1.807, 2.05) is 50.3 Å². The van der Waals surface area contributed by atoms with E-state index in [1.165, 1.54) is 0 Å². The number of allylic oxidation sites excluding steroid dienone is 1. The Balaban J connectivity index is 2.01. The lowest BCUT2D eigenvalue weighted by Crippen LogP contribution is -2.30. The molecule has 2 amide bonds. The maximum absolute atomic E-state index is 11.3. The molecule has 0 aromatic heterocycles. The first-order chi connectivity index (χ1) is 10.1. The fourth-order valence-electron chi connectivity index (χ4n) is 1.98. The molecule has 1 aliphatic rings. The van der Waals surface area contributed by atoms with Crippen LogP contribution in [0, 0.1) is 5.92 Å². The SMILES string of the molecule is CCC(=O)Nc1ccc(/C=C/C2=NNC(=O)CC2C)cc1. The number of nitrogens with one attached hydrogen (secondary N) is 2. The lowest BCUT2D eigenvalue weighted by Gasteiger charge is -2.16. The van der Waals surface area contributed by atoms with E-state index in [0.29, 0.717) is 12.8 Å². The number of benzene rings is 1. The summed E-state index contributed by atoms with van der Waals surface area (Å²) in [4.78, 5) is 22.5. The molecule has 0 fully saturated rings. The van der Waals surface area contributed by atoms with Gasteiger partial charge in [-0.2, -0.15) is 5.10 Å². The Morgan fingerprint density at radius 1 is 1.38 bits per heavy atom. The zero-order valence-electron chi connectivity index (χ0n) is 12.2. The Hall–Kier alpha value is -2.43. The van der Waals surface area contributed by atoms with Crippen LogP contribution in [0.25, 0.3) is 6.08 Å². The highest BCUT2D eigenvalue weighted by molar-refractivity contribution is 6.03. The molecule has 5 nitrogen and oxygen atoms in total. The van der Waals surface area contributed by atoms with Crippen molar-refractivity contribution in [1.82, 2.24) is 5.43 Å². The van der Waals surface area contributed by atoms with Crippen LogP contribution in [0.2, 0.25) is 0 Å². The predicted octanol–water partition coefficient (Wildman–Crippen LogP) is 2.56. The first-order valence-corrected chi connectivity index (χ1v) is 7.03. The first-order valence-electron chi connectivity index (χ1n) is 7.03. The van der Waals surface area contributed by atoms with Crippen molar-refractivity contribution in [2.75, 3.05) is 5.32 Å². The molecule has 0 saturated carbocycles. The molecule has 1 atom stereocenters. The summed E-state index contributed by atoms with van der Waals surface area (Å²) < 4.78 is 0. The molecule has 2 N–H and O–H groups in total. The lowest BCUT2D eigenvalue weighted by molar-refractivity contribution is -0.122. The van der Waals surface area contributed by atoms with Gasteiger partial charge in [-0.05, 0) is 23.8 Å². The number of hydrogen-bond donors (Lipinski definition) is 2. The van der Waals surface area contributed by atoms with E-state index in [4.69, 9.17) is 0 Å². The van der Waals surface area contributed by atoms with Gasteiger partial charge in [-0.1, -0.05) is 32.1 Å². The van der Waals surface area contributed by atoms with Gasteiger partial charge in [-0.15, -0.1) is 0 Å². The quantitative estimate of drug-likeness (QED) is 0.892. The molecular weight excluding hydrogens is 266 g/mol. The third-order valence-electron chi connectivity index (χ3n) is 3.27. The third kappa shape index (κ3) is 4.27. The average Bonchev–Trinajstić information content (AvgIpc) is 2.48. The Morgan fingerprint density at radius 2 is 2.10 bits per heavy atom. The zero-order chi connectivity index (χ0) is 15.2. The molecule has 1 aromatic rings. The van der Waals surface area contributed by atoms with E-state index in [2.05, 4.69) is 15.8 Å². The van der Waals surface area contributed by atoms with Gasteiger partial charge in [0.2, 0.25) is 11.8 Å². The van der Waals surface area contributed by atoms with Gasteiger partial charge < -0.3 is 5.32 Å². The van der Waals surface area contributed by atoms with E-state index in [0.717, 1.165) is 17.0 Å². The van der Waals surface area contributed by atoms with E-state index in [-0.39, 0.29) is 17.7 Å². The standard InChI is InChI=1S/C16H19N3O2/c1-3-15(20)17-13-7-4-12(5-8-13)6-9-14-11(2)10-16(21)19-18-14/h4-9,11H,3,10H2,1-2H3,(H,17,20)(H,19,21)/b9-6+. The fourth-order valence-corrected chi connectivity index (χ4v) is 1.98. The highest BCUT2D eigenvalue weighted by Crippen LogP contribution is 2.14. The van der Waals surface area contributed by atoms with E-state index >= 15 is 0 Å². The van der Waals surface area contributed by atoms with E-state index < -0.39 is 0 Å². The fraction of sp³-hybridized carbons (Fsp3) is 0.312. The van der Waals surface area contributed by atoms with Crippen LogP contribution < -0.4 is 10.7 Å². The summed E-state index contributed by atoms with van der Waals surface area (Å²) in [6, 6.07) is 7.57. The van der Waals surface area contributed by atoms with Crippen LogP contribution in [-0.2, 0) is 9.59 Å². The maximum atomic E-state index is 11.3. The number of amides is 2. The van der Waals surface area contributed by atoms with Gasteiger partial charge in [0.15, 0.2) is 0 Å². The van der Waals surface area contributed by atoms with Crippen LogP contribution in [0.5, 0.6) is 0 Å². The Kier molecular flexibility index (Phi) is 4.87. The summed E-state index contributed by atoms with van der Waals surface area (Å²) in [5.74, 6) is 0.0770. The topological polar surface area (TPSA) is 70.6 Å². The normalized spacial score (nSPS) is 18.3. The molecule has 0 aliphatic carbocycles. The first kappa shape index (κ1) is 15.0. The Morgan fingerprint density at radius 3 is 2.71 bits per heavy atom. The molecule has 1 unspecified atom stereocenters. The van der Waals surface area contributed by atoms with Gasteiger partial charge in [-0.3, -0.25) is 9.59 Å². The van der Waals surface area contributed by atoms with Crippen molar-refractivity contribution in [3.05, 3.63) is 35.9 Å². The number of hydrogen-bond acceptors (Lipinski definition) is 3. The smallest absolute Gasteiger partial charge is 0.240 e. The number of hydrazone groups is 1. The van der Waals surface area contributed by atoms with Crippen LogP contribution in [-0.4, -0.2) is 17.5 Å². The van der Waals surface area contributed by atoms with Crippen molar-refractivity contribution >= 4 is 29.3 Å². The van der Waals surface area contributed by atoms with Crippen molar-refractivity contribution in [3.63, 3.8) is 0 Å². The van der Waals surface area contributed by atoms with Gasteiger partial charge in [0.1, 0.15) is 0 Å². The number of rotatable bonds is 4. The minimum absolute atomic E-state index is 0.000537. The summed E-state index contributed by atoms with van der Waals surface area (Å²) in [5.41, 5.74) is 5.14. The molecular formula is C16H19N3O2. The summed E-state index contributed by atoms with van der Waals surface area (Å²) in [6.07, 6.45) is 4.78. The van der Waals surface area contributed by atoms with Crippen molar-refractivity contribution in [2.45, 2.75) is 26.7 Å². The minimum atomic E-state index is -0.0457. The van der Waals surface area contributed by atoms with Crippen molar-refractivity contribution in [1.29, 1.82) is 0 Å². The van der Waals surface area contributed by atoms with Crippen molar-refractivity contribution < 1.29 is 9.59 Å². The van der Waals surface area contributed by atoms with Crippen LogP contribution >= 0.6 is 0 Å². The Labute approximate surface area is 124 Å². The molecule has 21 heavy (non-hydrogen) atoms. The second-order valence-corrected chi connectivity index (χ2v) is 5.03. The molecule has 0 saturated heterocycles. The molecule has 5 heteroatoms. The monoisotopic (exact) mass is 285 g/mol. The predicted molar refractivity (Wildman–Crippen MR) is 83.8 cm³/mol. The van der Waals surface area contributed by atoms with E-state index in [9.17, 15) is 9.59 Å². The van der Waals surface area contributed by atoms with Gasteiger partial charge in [0.25, 0.3) is 0 Å². The van der Waals surface area contributed by atoms with Crippen LogP contribution in [0.1, 0.15) is 32.3 Å². The van der Waals surface area contributed by atoms with Crippen LogP contribution in [0.3, 0.4) is 0 Å². The summed E-state index contributed by atoms with van der Waals surface area (Å²) >= 11 is 0. The molecule has 0 bridgehead atoms. The number of carbonyl (C=O) groups is 2. The summed E-state index contributed by atoms with van der Waals surface area (Å²) in [6.45, 7) is 3.79. The number of anilines is 1. The molecule has 1 heterocycles. The number of carbonyl (C=O) groups excluding carboxylic acids is 2. The third-order valence-corrected chi connectivity index (χ3v) is 3.27. The molecule has 2 rings (SSSR count). The largest absolute Gasteiger partial charge is 0.326 e.